The number of likely N-dealkylation sites (tertiary alicyclic amines) is 1. The minimum atomic E-state index is 0. The molecule has 1 heterocycles. The van der Waals surface area contributed by atoms with Gasteiger partial charge in [-0.05, 0) is 37.7 Å². The second kappa shape index (κ2) is 7.87. The van der Waals surface area contributed by atoms with Gasteiger partial charge in [0.25, 0.3) is 0 Å². The molecule has 1 saturated heterocycles. The highest BCUT2D eigenvalue weighted by atomic mass is 35.5. The molecule has 1 aromatic rings. The minimum Gasteiger partial charge on any atom is -0.492 e. The molecule has 0 spiro atoms. The summed E-state index contributed by atoms with van der Waals surface area (Å²) in [7, 11) is 0. The number of nitrogens with zero attached hydrogens (tertiary/aromatic N) is 1. The Morgan fingerprint density at radius 2 is 2.14 bits per heavy atom. The molecule has 2 aliphatic rings. The van der Waals surface area contributed by atoms with Crippen LogP contribution in [0, 0.1) is 11.8 Å². The Hall–Kier alpha value is -0.480. The first kappa shape index (κ1) is 17.9. The van der Waals surface area contributed by atoms with Crippen molar-refractivity contribution in [1.82, 2.24) is 4.90 Å². The average molecular weight is 345 g/mol. The fraction of sp³-hybridized carbons (Fsp3) is 0.647. The van der Waals surface area contributed by atoms with Gasteiger partial charge in [0.05, 0.1) is 11.6 Å². The lowest BCUT2D eigenvalue weighted by molar-refractivity contribution is 0.259. The number of ether oxygens (including phenoxy) is 1. The Bertz CT molecular complexity index is 498. The zero-order valence-electron chi connectivity index (χ0n) is 13.1. The maximum absolute atomic E-state index is 6.30. The predicted molar refractivity (Wildman–Crippen MR) is 94.0 cm³/mol. The molecule has 0 radical (unpaired) electrons. The smallest absolute Gasteiger partial charge is 0.142 e. The largest absolute Gasteiger partial charge is 0.492 e. The number of fused-ring (bicyclic) bond motifs is 1. The standard InChI is InChI=1S/C17H25ClN2O.ClH/c1-2-21-17-13(6-3-7-15(17)18)10-20-9-12-5-4-8-16(19)14(12)11-20;/h3,6-7,12,14,16H,2,4-5,8-11,19H2,1H3;1H. The van der Waals surface area contributed by atoms with Crippen LogP contribution in [-0.2, 0) is 6.54 Å². The van der Waals surface area contributed by atoms with Crippen LogP contribution in [0.4, 0.5) is 0 Å². The molecule has 3 atom stereocenters. The molecule has 0 bridgehead atoms. The molecule has 3 rings (SSSR count). The first-order valence-electron chi connectivity index (χ1n) is 8.07. The monoisotopic (exact) mass is 344 g/mol. The van der Waals surface area contributed by atoms with E-state index in [1.807, 2.05) is 19.1 Å². The van der Waals surface area contributed by atoms with E-state index in [0.29, 0.717) is 23.6 Å². The van der Waals surface area contributed by atoms with Crippen LogP contribution in [0.3, 0.4) is 0 Å². The zero-order valence-corrected chi connectivity index (χ0v) is 14.7. The summed E-state index contributed by atoms with van der Waals surface area (Å²) in [6, 6.07) is 6.42. The summed E-state index contributed by atoms with van der Waals surface area (Å²) in [5, 5.41) is 0.711. The molecule has 5 heteroatoms. The van der Waals surface area contributed by atoms with Gasteiger partial charge in [0.2, 0.25) is 0 Å². The SMILES string of the molecule is CCOc1c(Cl)cccc1CN1CC2CCCC(N)C2C1.Cl. The molecular formula is C17H26Cl2N2O. The Morgan fingerprint density at radius 3 is 2.86 bits per heavy atom. The molecule has 1 aliphatic carbocycles. The molecule has 2 N–H and O–H groups in total. The summed E-state index contributed by atoms with van der Waals surface area (Å²) in [5.74, 6) is 2.30. The predicted octanol–water partition coefficient (Wildman–Crippen LogP) is 3.72. The first-order chi connectivity index (χ1) is 10.2. The first-order valence-corrected chi connectivity index (χ1v) is 8.45. The summed E-state index contributed by atoms with van der Waals surface area (Å²) in [5.41, 5.74) is 7.50. The lowest BCUT2D eigenvalue weighted by Gasteiger charge is -2.29. The zero-order chi connectivity index (χ0) is 14.8. The highest BCUT2D eigenvalue weighted by molar-refractivity contribution is 6.32. The third kappa shape index (κ3) is 3.70. The molecule has 124 valence electrons. The lowest BCUT2D eigenvalue weighted by atomic mass is 9.78. The number of hydrogen-bond donors (Lipinski definition) is 1. The second-order valence-corrected chi connectivity index (χ2v) is 6.78. The van der Waals surface area contributed by atoms with Crippen molar-refractivity contribution in [1.29, 1.82) is 0 Å². The van der Waals surface area contributed by atoms with Gasteiger partial charge in [-0.3, -0.25) is 4.90 Å². The van der Waals surface area contributed by atoms with E-state index in [9.17, 15) is 0 Å². The van der Waals surface area contributed by atoms with Gasteiger partial charge in [-0.2, -0.15) is 0 Å². The maximum Gasteiger partial charge on any atom is 0.142 e. The van der Waals surface area contributed by atoms with Crippen LogP contribution in [0.5, 0.6) is 5.75 Å². The summed E-state index contributed by atoms with van der Waals surface area (Å²) < 4.78 is 5.73. The van der Waals surface area contributed by atoms with Crippen molar-refractivity contribution in [2.45, 2.75) is 38.8 Å². The van der Waals surface area contributed by atoms with E-state index in [-0.39, 0.29) is 12.4 Å². The summed E-state index contributed by atoms with van der Waals surface area (Å²) >= 11 is 6.28. The van der Waals surface area contributed by atoms with Crippen LogP contribution in [-0.4, -0.2) is 30.6 Å². The quantitative estimate of drug-likeness (QED) is 0.904. The van der Waals surface area contributed by atoms with Crippen LogP contribution in [0.15, 0.2) is 18.2 Å². The topological polar surface area (TPSA) is 38.5 Å². The van der Waals surface area contributed by atoms with Gasteiger partial charge in [-0.1, -0.05) is 30.2 Å². The van der Waals surface area contributed by atoms with E-state index in [0.717, 1.165) is 31.3 Å². The normalized spacial score (nSPS) is 28.0. The minimum absolute atomic E-state index is 0. The number of halogens is 2. The van der Waals surface area contributed by atoms with Gasteiger partial charge in [-0.25, -0.2) is 0 Å². The highest BCUT2D eigenvalue weighted by Crippen LogP contribution is 2.37. The van der Waals surface area contributed by atoms with Crippen molar-refractivity contribution in [2.75, 3.05) is 19.7 Å². The van der Waals surface area contributed by atoms with Gasteiger partial charge in [0.15, 0.2) is 0 Å². The fourth-order valence-electron chi connectivity index (χ4n) is 3.96. The van der Waals surface area contributed by atoms with Gasteiger partial charge in [0.1, 0.15) is 5.75 Å². The van der Waals surface area contributed by atoms with Crippen molar-refractivity contribution in [3.05, 3.63) is 28.8 Å². The summed E-state index contributed by atoms with van der Waals surface area (Å²) in [6.07, 6.45) is 3.82. The Kier molecular flexibility index (Phi) is 6.39. The Morgan fingerprint density at radius 1 is 1.32 bits per heavy atom. The van der Waals surface area contributed by atoms with Crippen molar-refractivity contribution in [2.24, 2.45) is 17.6 Å². The molecule has 1 aromatic carbocycles. The van der Waals surface area contributed by atoms with E-state index in [1.54, 1.807) is 0 Å². The number of nitrogens with two attached hydrogens (primary N) is 1. The molecule has 0 amide bonds. The lowest BCUT2D eigenvalue weighted by Crippen LogP contribution is -2.38. The van der Waals surface area contributed by atoms with Crippen LogP contribution >= 0.6 is 24.0 Å². The molecule has 22 heavy (non-hydrogen) atoms. The van der Waals surface area contributed by atoms with Crippen molar-refractivity contribution < 1.29 is 4.74 Å². The Labute approximate surface area is 144 Å². The number of para-hydroxylation sites is 1. The third-order valence-electron chi connectivity index (χ3n) is 4.96. The molecule has 1 aliphatic heterocycles. The van der Waals surface area contributed by atoms with E-state index in [1.165, 1.54) is 24.8 Å². The van der Waals surface area contributed by atoms with Gasteiger partial charge < -0.3 is 10.5 Å². The molecule has 0 aromatic heterocycles. The summed E-state index contributed by atoms with van der Waals surface area (Å²) in [4.78, 5) is 2.52. The van der Waals surface area contributed by atoms with Crippen LogP contribution in [0.25, 0.3) is 0 Å². The van der Waals surface area contributed by atoms with E-state index in [4.69, 9.17) is 22.1 Å². The van der Waals surface area contributed by atoms with Crippen molar-refractivity contribution in [3.8, 4) is 5.75 Å². The highest BCUT2D eigenvalue weighted by Gasteiger charge is 2.38. The van der Waals surface area contributed by atoms with E-state index < -0.39 is 0 Å². The van der Waals surface area contributed by atoms with Gasteiger partial charge >= 0.3 is 0 Å². The number of hydrogen-bond acceptors (Lipinski definition) is 3. The molecule has 1 saturated carbocycles. The molecular weight excluding hydrogens is 319 g/mol. The maximum atomic E-state index is 6.30. The van der Waals surface area contributed by atoms with E-state index >= 15 is 0 Å². The molecule has 3 unspecified atom stereocenters. The molecule has 3 nitrogen and oxygen atoms in total. The van der Waals surface area contributed by atoms with Gasteiger partial charge in [-0.15, -0.1) is 12.4 Å². The van der Waals surface area contributed by atoms with Crippen LogP contribution < -0.4 is 10.5 Å². The van der Waals surface area contributed by atoms with Gasteiger partial charge in [0, 0.05) is 31.2 Å². The Balaban J connectivity index is 0.00000176. The second-order valence-electron chi connectivity index (χ2n) is 6.37. The third-order valence-corrected chi connectivity index (χ3v) is 5.26. The molecule has 2 fully saturated rings. The van der Waals surface area contributed by atoms with Crippen molar-refractivity contribution in [3.63, 3.8) is 0 Å². The average Bonchev–Trinajstić information content (AvgIpc) is 2.87. The summed E-state index contributed by atoms with van der Waals surface area (Å²) in [6.45, 7) is 5.83. The van der Waals surface area contributed by atoms with Crippen LogP contribution in [0.2, 0.25) is 5.02 Å². The number of benzene rings is 1. The van der Waals surface area contributed by atoms with E-state index in [2.05, 4.69) is 11.0 Å². The van der Waals surface area contributed by atoms with Crippen molar-refractivity contribution >= 4 is 24.0 Å². The van der Waals surface area contributed by atoms with Crippen LogP contribution in [0.1, 0.15) is 31.7 Å². The number of rotatable bonds is 4. The fourth-order valence-corrected chi connectivity index (χ4v) is 4.21.